The first-order valence-corrected chi connectivity index (χ1v) is 5.11. The molecule has 0 aliphatic carbocycles. The number of rotatable bonds is 2. The molecule has 62 valence electrons. The fraction of sp³-hybridized carbons (Fsp3) is 0.600. The Balaban J connectivity index is 3.07. The minimum atomic E-state index is 0.691. The Labute approximate surface area is 73.3 Å². The molecule has 0 saturated heterocycles. The summed E-state index contributed by atoms with van der Waals surface area (Å²) in [6.07, 6.45) is 1.18. The van der Waals surface area contributed by atoms with E-state index >= 15 is 0 Å². The molecule has 0 radical (unpaired) electrons. The van der Waals surface area contributed by atoms with Crippen LogP contribution in [0.1, 0.15) is 42.7 Å². The lowest BCUT2D eigenvalue weighted by Crippen LogP contribution is -1.91. The van der Waals surface area contributed by atoms with E-state index in [0.717, 1.165) is 0 Å². The van der Waals surface area contributed by atoms with Crippen LogP contribution in [0.4, 0.5) is 0 Å². The van der Waals surface area contributed by atoms with Gasteiger partial charge in [0.2, 0.25) is 0 Å². The largest absolute Gasteiger partial charge is 0.149 e. The Morgan fingerprint density at radius 3 is 2.45 bits per heavy atom. The molecule has 1 heterocycles. The average molecular weight is 168 g/mol. The highest BCUT2D eigenvalue weighted by atomic mass is 32.1. The van der Waals surface area contributed by atoms with Crippen LogP contribution in [0.2, 0.25) is 0 Å². The maximum atomic E-state index is 2.30. The third kappa shape index (κ3) is 1.64. The van der Waals surface area contributed by atoms with Gasteiger partial charge in [0.15, 0.2) is 0 Å². The lowest BCUT2D eigenvalue weighted by Gasteiger charge is -2.06. The van der Waals surface area contributed by atoms with Crippen LogP contribution in [0.25, 0.3) is 0 Å². The normalized spacial score (nSPS) is 11.0. The van der Waals surface area contributed by atoms with Crippen molar-refractivity contribution in [2.45, 2.75) is 40.0 Å². The van der Waals surface area contributed by atoms with Crippen LogP contribution in [0.5, 0.6) is 0 Å². The van der Waals surface area contributed by atoms with Crippen molar-refractivity contribution in [2.75, 3.05) is 0 Å². The van der Waals surface area contributed by atoms with E-state index in [1.54, 1.807) is 11.1 Å². The fourth-order valence-electron chi connectivity index (χ4n) is 1.56. The monoisotopic (exact) mass is 168 g/mol. The molecule has 11 heavy (non-hydrogen) atoms. The zero-order chi connectivity index (χ0) is 8.43. The minimum absolute atomic E-state index is 0.691. The standard InChI is InChI=1S/C10H16S/c1-5-9-6-11-8(4)10(9)7(2)3/h6-7H,5H2,1-4H3. The van der Waals surface area contributed by atoms with Gasteiger partial charge in [-0.25, -0.2) is 0 Å². The number of hydrogen-bond donors (Lipinski definition) is 0. The van der Waals surface area contributed by atoms with Gasteiger partial charge in [-0.2, -0.15) is 0 Å². The van der Waals surface area contributed by atoms with E-state index in [0.29, 0.717) is 5.92 Å². The lowest BCUT2D eigenvalue weighted by molar-refractivity contribution is 0.844. The molecule has 0 fully saturated rings. The predicted octanol–water partition coefficient (Wildman–Crippen LogP) is 3.74. The predicted molar refractivity (Wildman–Crippen MR) is 52.5 cm³/mol. The van der Waals surface area contributed by atoms with Gasteiger partial charge in [-0.05, 0) is 35.8 Å². The van der Waals surface area contributed by atoms with Gasteiger partial charge in [-0.1, -0.05) is 20.8 Å². The fourth-order valence-corrected chi connectivity index (χ4v) is 2.67. The summed E-state index contributed by atoms with van der Waals surface area (Å²) < 4.78 is 0. The second kappa shape index (κ2) is 3.40. The van der Waals surface area contributed by atoms with E-state index in [2.05, 4.69) is 33.1 Å². The maximum Gasteiger partial charge on any atom is 0.00516 e. The van der Waals surface area contributed by atoms with Crippen molar-refractivity contribution >= 4 is 11.3 Å². The summed E-state index contributed by atoms with van der Waals surface area (Å²) in [5.41, 5.74) is 3.12. The Bertz CT molecular complexity index is 233. The van der Waals surface area contributed by atoms with Gasteiger partial charge in [0, 0.05) is 4.88 Å². The molecule has 1 rings (SSSR count). The molecular weight excluding hydrogens is 152 g/mol. The van der Waals surface area contributed by atoms with Crippen LogP contribution in [-0.4, -0.2) is 0 Å². The van der Waals surface area contributed by atoms with Crippen LogP contribution in [0, 0.1) is 6.92 Å². The molecule has 0 N–H and O–H groups in total. The van der Waals surface area contributed by atoms with Crippen molar-refractivity contribution in [2.24, 2.45) is 0 Å². The van der Waals surface area contributed by atoms with Crippen molar-refractivity contribution in [1.82, 2.24) is 0 Å². The van der Waals surface area contributed by atoms with E-state index < -0.39 is 0 Å². The molecule has 0 aliphatic rings. The van der Waals surface area contributed by atoms with Gasteiger partial charge in [0.05, 0.1) is 0 Å². The molecule has 1 heteroatoms. The summed E-state index contributed by atoms with van der Waals surface area (Å²) in [7, 11) is 0. The highest BCUT2D eigenvalue weighted by Gasteiger charge is 2.09. The molecule has 1 aromatic heterocycles. The smallest absolute Gasteiger partial charge is 0.00516 e. The van der Waals surface area contributed by atoms with Crippen molar-refractivity contribution in [3.63, 3.8) is 0 Å². The van der Waals surface area contributed by atoms with Crippen LogP contribution >= 0.6 is 11.3 Å². The molecule has 0 bridgehead atoms. The highest BCUT2D eigenvalue weighted by Crippen LogP contribution is 2.28. The van der Waals surface area contributed by atoms with E-state index in [1.807, 2.05) is 11.3 Å². The average Bonchev–Trinajstić information content (AvgIpc) is 2.30. The zero-order valence-electron chi connectivity index (χ0n) is 7.77. The number of hydrogen-bond acceptors (Lipinski definition) is 1. The molecule has 0 saturated carbocycles. The Morgan fingerprint density at radius 1 is 1.45 bits per heavy atom. The SMILES string of the molecule is CCc1csc(C)c1C(C)C. The van der Waals surface area contributed by atoms with E-state index in [4.69, 9.17) is 0 Å². The maximum absolute atomic E-state index is 2.30. The van der Waals surface area contributed by atoms with E-state index in [-0.39, 0.29) is 0 Å². The molecule has 0 atom stereocenters. The molecule has 0 spiro atoms. The first-order chi connectivity index (χ1) is 5.16. The summed E-state index contributed by atoms with van der Waals surface area (Å²) in [5.74, 6) is 0.691. The van der Waals surface area contributed by atoms with Crippen molar-refractivity contribution in [3.05, 3.63) is 21.4 Å². The molecule has 0 amide bonds. The van der Waals surface area contributed by atoms with Crippen LogP contribution in [0.3, 0.4) is 0 Å². The van der Waals surface area contributed by atoms with Crippen molar-refractivity contribution in [1.29, 1.82) is 0 Å². The summed E-state index contributed by atoms with van der Waals surface area (Å²) >= 11 is 1.88. The zero-order valence-corrected chi connectivity index (χ0v) is 8.59. The first kappa shape index (κ1) is 8.79. The molecule has 0 aromatic carbocycles. The van der Waals surface area contributed by atoms with Gasteiger partial charge in [0.25, 0.3) is 0 Å². The topological polar surface area (TPSA) is 0 Å². The third-order valence-corrected chi connectivity index (χ3v) is 3.04. The van der Waals surface area contributed by atoms with Crippen LogP contribution < -0.4 is 0 Å². The second-order valence-electron chi connectivity index (χ2n) is 3.24. The lowest BCUT2D eigenvalue weighted by atomic mass is 9.98. The second-order valence-corrected chi connectivity index (χ2v) is 4.32. The van der Waals surface area contributed by atoms with Gasteiger partial charge >= 0.3 is 0 Å². The minimum Gasteiger partial charge on any atom is -0.149 e. The number of aryl methyl sites for hydroxylation is 2. The highest BCUT2D eigenvalue weighted by molar-refractivity contribution is 7.10. The van der Waals surface area contributed by atoms with Crippen LogP contribution in [-0.2, 0) is 6.42 Å². The molecule has 0 unspecified atom stereocenters. The Hall–Kier alpha value is -0.300. The van der Waals surface area contributed by atoms with Gasteiger partial charge in [-0.15, -0.1) is 11.3 Å². The Kier molecular flexibility index (Phi) is 2.72. The van der Waals surface area contributed by atoms with E-state index in [1.165, 1.54) is 11.3 Å². The third-order valence-electron chi connectivity index (χ3n) is 2.06. The van der Waals surface area contributed by atoms with Gasteiger partial charge in [0.1, 0.15) is 0 Å². The first-order valence-electron chi connectivity index (χ1n) is 4.23. The number of thiophene rings is 1. The summed E-state index contributed by atoms with van der Waals surface area (Å²) in [6, 6.07) is 0. The van der Waals surface area contributed by atoms with Gasteiger partial charge < -0.3 is 0 Å². The molecular formula is C10H16S. The quantitative estimate of drug-likeness (QED) is 0.631. The summed E-state index contributed by atoms with van der Waals surface area (Å²) in [5, 5.41) is 2.30. The van der Waals surface area contributed by atoms with Gasteiger partial charge in [-0.3, -0.25) is 0 Å². The summed E-state index contributed by atoms with van der Waals surface area (Å²) in [6.45, 7) is 9.00. The van der Waals surface area contributed by atoms with Crippen LogP contribution in [0.15, 0.2) is 5.38 Å². The van der Waals surface area contributed by atoms with Crippen molar-refractivity contribution < 1.29 is 0 Å². The van der Waals surface area contributed by atoms with Crippen molar-refractivity contribution in [3.8, 4) is 0 Å². The molecule has 0 aliphatic heterocycles. The molecule has 1 aromatic rings. The molecule has 0 nitrogen and oxygen atoms in total. The summed E-state index contributed by atoms with van der Waals surface area (Å²) in [4.78, 5) is 1.50. The van der Waals surface area contributed by atoms with E-state index in [9.17, 15) is 0 Å². The Morgan fingerprint density at radius 2 is 2.09 bits per heavy atom.